The average molecular weight is 297 g/mol. The third-order valence-corrected chi connectivity index (χ3v) is 4.35. The summed E-state index contributed by atoms with van der Waals surface area (Å²) in [5.41, 5.74) is 6.06. The summed E-state index contributed by atoms with van der Waals surface area (Å²) in [7, 11) is 0. The molecule has 0 spiro atoms. The van der Waals surface area contributed by atoms with Gasteiger partial charge in [-0.2, -0.15) is 0 Å². The van der Waals surface area contributed by atoms with Gasteiger partial charge in [0.15, 0.2) is 0 Å². The van der Waals surface area contributed by atoms with Crippen molar-refractivity contribution in [2.45, 2.75) is 19.8 Å². The summed E-state index contributed by atoms with van der Waals surface area (Å²) in [6, 6.07) is 25.8. The molecule has 0 fully saturated rings. The Morgan fingerprint density at radius 2 is 1.48 bits per heavy atom. The molecule has 0 amide bonds. The van der Waals surface area contributed by atoms with Gasteiger partial charge in [0.25, 0.3) is 0 Å². The van der Waals surface area contributed by atoms with E-state index in [9.17, 15) is 0 Å². The Hall–Kier alpha value is -2.67. The van der Waals surface area contributed by atoms with Crippen molar-refractivity contribution in [3.63, 3.8) is 0 Å². The second-order valence-corrected chi connectivity index (χ2v) is 5.97. The molecular weight excluding hydrogens is 278 g/mol. The van der Waals surface area contributed by atoms with Crippen LogP contribution in [0.1, 0.15) is 18.9 Å². The molecule has 4 rings (SSSR count). The van der Waals surface area contributed by atoms with Crippen LogP contribution < -0.4 is 0 Å². The fraction of sp³-hybridized carbons (Fsp3) is 0.136. The minimum absolute atomic E-state index is 1.06. The lowest BCUT2D eigenvalue weighted by atomic mass is 9.94. The van der Waals surface area contributed by atoms with Gasteiger partial charge in [0, 0.05) is 16.3 Å². The molecule has 1 aromatic heterocycles. The van der Waals surface area contributed by atoms with Gasteiger partial charge < -0.3 is 0 Å². The summed E-state index contributed by atoms with van der Waals surface area (Å²) < 4.78 is 0. The van der Waals surface area contributed by atoms with Crippen molar-refractivity contribution < 1.29 is 0 Å². The zero-order valence-electron chi connectivity index (χ0n) is 13.3. The number of para-hydroxylation sites is 1. The van der Waals surface area contributed by atoms with Crippen molar-refractivity contribution in [1.82, 2.24) is 4.98 Å². The fourth-order valence-electron chi connectivity index (χ4n) is 3.30. The zero-order valence-corrected chi connectivity index (χ0v) is 13.3. The van der Waals surface area contributed by atoms with Gasteiger partial charge in [-0.25, -0.2) is 4.98 Å². The highest BCUT2D eigenvalue weighted by Gasteiger charge is 2.11. The Bertz CT molecular complexity index is 971. The molecule has 1 heterocycles. The van der Waals surface area contributed by atoms with E-state index >= 15 is 0 Å². The Kier molecular flexibility index (Phi) is 3.55. The number of benzene rings is 3. The topological polar surface area (TPSA) is 12.9 Å². The van der Waals surface area contributed by atoms with Gasteiger partial charge in [-0.05, 0) is 35.7 Å². The molecule has 0 saturated heterocycles. The number of hydrogen-bond acceptors (Lipinski definition) is 1. The number of rotatable bonds is 3. The van der Waals surface area contributed by atoms with Crippen LogP contribution in [0.2, 0.25) is 0 Å². The minimum atomic E-state index is 1.06. The highest BCUT2D eigenvalue weighted by atomic mass is 14.7. The maximum atomic E-state index is 4.87. The Labute approximate surface area is 136 Å². The van der Waals surface area contributed by atoms with Gasteiger partial charge in [0.1, 0.15) is 0 Å². The quantitative estimate of drug-likeness (QED) is 0.422. The van der Waals surface area contributed by atoms with Crippen molar-refractivity contribution in [1.29, 1.82) is 0 Å². The molecule has 0 radical (unpaired) electrons. The molecule has 1 nitrogen and oxygen atoms in total. The SMILES string of the molecule is CCCc1ccc2nc3ccccc3c(-c3ccccc3)c2c1. The molecule has 3 aromatic carbocycles. The molecule has 23 heavy (non-hydrogen) atoms. The fourth-order valence-corrected chi connectivity index (χ4v) is 3.30. The highest BCUT2D eigenvalue weighted by molar-refractivity contribution is 6.09. The van der Waals surface area contributed by atoms with Crippen LogP contribution in [0.4, 0.5) is 0 Å². The first-order valence-electron chi connectivity index (χ1n) is 8.23. The first-order chi connectivity index (χ1) is 11.4. The summed E-state index contributed by atoms with van der Waals surface area (Å²) in [6.07, 6.45) is 2.27. The third-order valence-electron chi connectivity index (χ3n) is 4.35. The van der Waals surface area contributed by atoms with Crippen molar-refractivity contribution in [3.8, 4) is 11.1 Å². The number of fused-ring (bicyclic) bond motifs is 2. The van der Waals surface area contributed by atoms with E-state index in [1.165, 1.54) is 27.5 Å². The molecule has 0 N–H and O–H groups in total. The van der Waals surface area contributed by atoms with Crippen LogP contribution in [0.25, 0.3) is 32.9 Å². The lowest BCUT2D eigenvalue weighted by Gasteiger charge is -2.12. The summed E-state index contributed by atoms with van der Waals surface area (Å²) in [4.78, 5) is 4.87. The summed E-state index contributed by atoms with van der Waals surface area (Å²) in [5, 5.41) is 2.47. The lowest BCUT2D eigenvalue weighted by Crippen LogP contribution is -1.91. The normalized spacial score (nSPS) is 11.2. The van der Waals surface area contributed by atoms with Gasteiger partial charge >= 0.3 is 0 Å². The molecular formula is C22H19N. The van der Waals surface area contributed by atoms with Gasteiger partial charge in [-0.3, -0.25) is 0 Å². The maximum absolute atomic E-state index is 4.87. The van der Waals surface area contributed by atoms with E-state index in [-0.39, 0.29) is 0 Å². The largest absolute Gasteiger partial charge is 0.248 e. The van der Waals surface area contributed by atoms with Gasteiger partial charge in [0.2, 0.25) is 0 Å². The zero-order chi connectivity index (χ0) is 15.6. The number of aryl methyl sites for hydroxylation is 1. The van der Waals surface area contributed by atoms with E-state index in [0.29, 0.717) is 0 Å². The van der Waals surface area contributed by atoms with Crippen LogP contribution in [-0.2, 0) is 6.42 Å². The predicted molar refractivity (Wildman–Crippen MR) is 98.7 cm³/mol. The average Bonchev–Trinajstić information content (AvgIpc) is 2.61. The molecule has 0 bridgehead atoms. The van der Waals surface area contributed by atoms with Crippen LogP contribution in [0.15, 0.2) is 72.8 Å². The molecule has 0 atom stereocenters. The molecule has 0 saturated carbocycles. The van der Waals surface area contributed by atoms with E-state index in [0.717, 1.165) is 23.9 Å². The maximum Gasteiger partial charge on any atom is 0.0716 e. The van der Waals surface area contributed by atoms with E-state index in [1.807, 2.05) is 0 Å². The Balaban J connectivity index is 2.13. The van der Waals surface area contributed by atoms with Crippen LogP contribution in [0, 0.1) is 0 Å². The highest BCUT2D eigenvalue weighted by Crippen LogP contribution is 2.35. The van der Waals surface area contributed by atoms with Crippen LogP contribution in [0.3, 0.4) is 0 Å². The van der Waals surface area contributed by atoms with E-state index < -0.39 is 0 Å². The number of pyridine rings is 1. The van der Waals surface area contributed by atoms with Crippen LogP contribution in [-0.4, -0.2) is 4.98 Å². The second kappa shape index (κ2) is 5.85. The van der Waals surface area contributed by atoms with Crippen molar-refractivity contribution >= 4 is 21.8 Å². The molecule has 112 valence electrons. The molecule has 0 aliphatic carbocycles. The van der Waals surface area contributed by atoms with Gasteiger partial charge in [0.05, 0.1) is 11.0 Å². The van der Waals surface area contributed by atoms with Crippen LogP contribution in [0.5, 0.6) is 0 Å². The van der Waals surface area contributed by atoms with Crippen molar-refractivity contribution in [2.75, 3.05) is 0 Å². The number of aromatic nitrogens is 1. The smallest absolute Gasteiger partial charge is 0.0716 e. The molecule has 1 heteroatoms. The van der Waals surface area contributed by atoms with Gasteiger partial charge in [-0.1, -0.05) is 67.9 Å². The lowest BCUT2D eigenvalue weighted by molar-refractivity contribution is 0.923. The molecule has 0 unspecified atom stereocenters. The Morgan fingerprint density at radius 3 is 2.30 bits per heavy atom. The number of nitrogens with zero attached hydrogens (tertiary/aromatic N) is 1. The predicted octanol–water partition coefficient (Wildman–Crippen LogP) is 6.01. The monoisotopic (exact) mass is 297 g/mol. The Morgan fingerprint density at radius 1 is 0.739 bits per heavy atom. The second-order valence-electron chi connectivity index (χ2n) is 5.97. The molecule has 4 aromatic rings. The van der Waals surface area contributed by atoms with E-state index in [4.69, 9.17) is 4.98 Å². The number of hydrogen-bond donors (Lipinski definition) is 0. The summed E-state index contributed by atoms with van der Waals surface area (Å²) in [6.45, 7) is 2.22. The van der Waals surface area contributed by atoms with Crippen LogP contribution >= 0.6 is 0 Å². The molecule has 0 aliphatic heterocycles. The standard InChI is InChI=1S/C22H19N/c1-2-8-16-13-14-21-19(15-16)22(17-9-4-3-5-10-17)18-11-6-7-12-20(18)23-21/h3-7,9-15H,2,8H2,1H3. The van der Waals surface area contributed by atoms with E-state index in [2.05, 4.69) is 79.7 Å². The first-order valence-corrected chi connectivity index (χ1v) is 8.23. The summed E-state index contributed by atoms with van der Waals surface area (Å²) in [5.74, 6) is 0. The minimum Gasteiger partial charge on any atom is -0.248 e. The summed E-state index contributed by atoms with van der Waals surface area (Å²) >= 11 is 0. The van der Waals surface area contributed by atoms with Crippen molar-refractivity contribution in [3.05, 3.63) is 78.4 Å². The molecule has 0 aliphatic rings. The third kappa shape index (κ3) is 2.49. The van der Waals surface area contributed by atoms with Gasteiger partial charge in [-0.15, -0.1) is 0 Å². The first kappa shape index (κ1) is 14.0. The van der Waals surface area contributed by atoms with Crippen molar-refractivity contribution in [2.24, 2.45) is 0 Å². The van der Waals surface area contributed by atoms with E-state index in [1.54, 1.807) is 0 Å².